The summed E-state index contributed by atoms with van der Waals surface area (Å²) in [5.74, 6) is -0.190. The van der Waals surface area contributed by atoms with Crippen molar-refractivity contribution in [2.24, 2.45) is 0 Å². The number of amides is 2. The molecule has 1 heterocycles. The van der Waals surface area contributed by atoms with Gasteiger partial charge in [-0.2, -0.15) is 0 Å². The molecule has 0 bridgehead atoms. The zero-order chi connectivity index (χ0) is 15.5. The maximum atomic E-state index is 12.9. The van der Waals surface area contributed by atoms with Crippen molar-refractivity contribution in [1.29, 1.82) is 0 Å². The Balaban J connectivity index is 1.42. The minimum atomic E-state index is -0.190. The van der Waals surface area contributed by atoms with E-state index in [2.05, 4.69) is 10.2 Å². The van der Waals surface area contributed by atoms with Gasteiger partial charge in [0.1, 0.15) is 5.82 Å². The average molecular weight is 305 g/mol. The number of nitrogens with zero attached hydrogens (tertiary/aromatic N) is 2. The van der Waals surface area contributed by atoms with E-state index in [1.165, 1.54) is 12.1 Å². The second-order valence-electron chi connectivity index (χ2n) is 6.47. The van der Waals surface area contributed by atoms with E-state index < -0.39 is 0 Å². The normalized spacial score (nSPS) is 19.9. The minimum absolute atomic E-state index is 0.0690. The topological polar surface area (TPSA) is 35.6 Å². The van der Waals surface area contributed by atoms with Crippen molar-refractivity contribution < 1.29 is 9.18 Å². The maximum absolute atomic E-state index is 12.9. The van der Waals surface area contributed by atoms with Crippen molar-refractivity contribution in [1.82, 2.24) is 15.1 Å². The van der Waals surface area contributed by atoms with Gasteiger partial charge in [-0.3, -0.25) is 4.90 Å². The molecule has 1 aliphatic heterocycles. The van der Waals surface area contributed by atoms with Crippen molar-refractivity contribution in [2.75, 3.05) is 20.1 Å². The number of likely N-dealkylation sites (tertiary alicyclic amines) is 1. The summed E-state index contributed by atoms with van der Waals surface area (Å²) in [4.78, 5) is 16.3. The maximum Gasteiger partial charge on any atom is 0.317 e. The molecule has 2 fully saturated rings. The van der Waals surface area contributed by atoms with Gasteiger partial charge in [-0.1, -0.05) is 12.1 Å². The second kappa shape index (κ2) is 6.65. The summed E-state index contributed by atoms with van der Waals surface area (Å²) in [5, 5.41) is 3.14. The fourth-order valence-electron chi connectivity index (χ4n) is 2.99. The Labute approximate surface area is 131 Å². The molecule has 4 nitrogen and oxygen atoms in total. The van der Waals surface area contributed by atoms with Gasteiger partial charge in [-0.15, -0.1) is 0 Å². The number of piperidine rings is 1. The lowest BCUT2D eigenvalue weighted by atomic mass is 10.0. The molecule has 1 saturated carbocycles. The molecule has 1 saturated heterocycles. The van der Waals surface area contributed by atoms with Gasteiger partial charge in [0.25, 0.3) is 0 Å². The van der Waals surface area contributed by atoms with Gasteiger partial charge in [-0.05, 0) is 43.4 Å². The highest BCUT2D eigenvalue weighted by atomic mass is 19.1. The van der Waals surface area contributed by atoms with Crippen LogP contribution >= 0.6 is 0 Å². The molecular formula is C17H24FN3O. The predicted octanol–water partition coefficient (Wildman–Crippen LogP) is 2.59. The molecule has 120 valence electrons. The van der Waals surface area contributed by atoms with Gasteiger partial charge >= 0.3 is 6.03 Å². The lowest BCUT2D eigenvalue weighted by Gasteiger charge is -2.33. The molecule has 0 unspecified atom stereocenters. The zero-order valence-corrected chi connectivity index (χ0v) is 13.1. The molecule has 1 N–H and O–H groups in total. The molecule has 2 amide bonds. The third-order valence-corrected chi connectivity index (χ3v) is 4.65. The number of urea groups is 1. The summed E-state index contributed by atoms with van der Waals surface area (Å²) in [5.41, 5.74) is 1.14. The molecule has 0 aromatic heterocycles. The van der Waals surface area contributed by atoms with Gasteiger partial charge in [0, 0.05) is 38.8 Å². The fourth-order valence-corrected chi connectivity index (χ4v) is 2.99. The third kappa shape index (κ3) is 3.97. The first-order valence-electron chi connectivity index (χ1n) is 8.12. The first-order valence-corrected chi connectivity index (χ1v) is 8.12. The van der Waals surface area contributed by atoms with Crippen LogP contribution in [0, 0.1) is 5.82 Å². The number of hydrogen-bond acceptors (Lipinski definition) is 2. The van der Waals surface area contributed by atoms with Crippen LogP contribution in [0.5, 0.6) is 0 Å². The standard InChI is InChI=1S/C17H24FN3O/c1-20(16-6-7-16)17(22)19-15-8-10-21(11-9-15)12-13-2-4-14(18)5-3-13/h2-5,15-16H,6-12H2,1H3,(H,19,22). The molecule has 0 spiro atoms. The van der Waals surface area contributed by atoms with Crippen LogP contribution in [0.2, 0.25) is 0 Å². The van der Waals surface area contributed by atoms with Crippen LogP contribution in [0.1, 0.15) is 31.2 Å². The van der Waals surface area contributed by atoms with E-state index >= 15 is 0 Å². The van der Waals surface area contributed by atoms with Crippen LogP contribution in [0.3, 0.4) is 0 Å². The van der Waals surface area contributed by atoms with Crippen LogP contribution in [0.15, 0.2) is 24.3 Å². The number of hydrogen-bond donors (Lipinski definition) is 1. The van der Waals surface area contributed by atoms with Gasteiger partial charge in [0.15, 0.2) is 0 Å². The highest BCUT2D eigenvalue weighted by Gasteiger charge is 2.31. The molecule has 22 heavy (non-hydrogen) atoms. The fraction of sp³-hybridized carbons (Fsp3) is 0.588. The molecular weight excluding hydrogens is 281 g/mol. The lowest BCUT2D eigenvalue weighted by molar-refractivity contribution is 0.173. The van der Waals surface area contributed by atoms with Crippen molar-refractivity contribution in [3.63, 3.8) is 0 Å². The van der Waals surface area contributed by atoms with Crippen LogP contribution in [0.4, 0.5) is 9.18 Å². The van der Waals surface area contributed by atoms with Crippen LogP contribution < -0.4 is 5.32 Å². The van der Waals surface area contributed by atoms with E-state index in [0.29, 0.717) is 6.04 Å². The van der Waals surface area contributed by atoms with E-state index in [9.17, 15) is 9.18 Å². The Kier molecular flexibility index (Phi) is 4.62. The first kappa shape index (κ1) is 15.3. The highest BCUT2D eigenvalue weighted by Crippen LogP contribution is 2.25. The van der Waals surface area contributed by atoms with Crippen LogP contribution in [0.25, 0.3) is 0 Å². The number of benzene rings is 1. The second-order valence-corrected chi connectivity index (χ2v) is 6.47. The molecule has 3 rings (SSSR count). The molecule has 5 heteroatoms. The summed E-state index contributed by atoms with van der Waals surface area (Å²) < 4.78 is 12.9. The summed E-state index contributed by atoms with van der Waals surface area (Å²) >= 11 is 0. The Hall–Kier alpha value is -1.62. The van der Waals surface area contributed by atoms with E-state index in [1.54, 1.807) is 0 Å². The molecule has 0 radical (unpaired) electrons. The van der Waals surface area contributed by atoms with Gasteiger partial charge in [-0.25, -0.2) is 9.18 Å². The largest absolute Gasteiger partial charge is 0.335 e. The highest BCUT2D eigenvalue weighted by molar-refractivity contribution is 5.74. The SMILES string of the molecule is CN(C(=O)NC1CCN(Cc2ccc(F)cc2)CC1)C1CC1. The van der Waals surface area contributed by atoms with Crippen molar-refractivity contribution >= 4 is 6.03 Å². The molecule has 1 aromatic rings. The van der Waals surface area contributed by atoms with E-state index in [1.807, 2.05) is 24.1 Å². The quantitative estimate of drug-likeness (QED) is 0.928. The number of halogens is 1. The Morgan fingerprint density at radius 3 is 2.45 bits per heavy atom. The van der Waals surface area contributed by atoms with Crippen LogP contribution in [-0.2, 0) is 6.54 Å². The number of rotatable bonds is 4. The molecule has 2 aliphatic rings. The van der Waals surface area contributed by atoms with Gasteiger partial charge < -0.3 is 10.2 Å². The number of carbonyl (C=O) groups excluding carboxylic acids is 1. The molecule has 0 atom stereocenters. The summed E-state index contributed by atoms with van der Waals surface area (Å²) in [6.07, 6.45) is 4.23. The molecule has 1 aliphatic carbocycles. The monoisotopic (exact) mass is 305 g/mol. The summed E-state index contributed by atoms with van der Waals surface area (Å²) in [6.45, 7) is 2.79. The summed E-state index contributed by atoms with van der Waals surface area (Å²) in [6, 6.07) is 7.50. The Morgan fingerprint density at radius 1 is 1.23 bits per heavy atom. The first-order chi connectivity index (χ1) is 10.6. The van der Waals surface area contributed by atoms with Crippen LogP contribution in [-0.4, -0.2) is 48.1 Å². The Bertz CT molecular complexity index is 507. The minimum Gasteiger partial charge on any atom is -0.335 e. The van der Waals surface area contributed by atoms with E-state index in [-0.39, 0.29) is 17.9 Å². The average Bonchev–Trinajstić information content (AvgIpc) is 3.35. The van der Waals surface area contributed by atoms with Crippen molar-refractivity contribution in [3.8, 4) is 0 Å². The van der Waals surface area contributed by atoms with Gasteiger partial charge in [0.05, 0.1) is 0 Å². The zero-order valence-electron chi connectivity index (χ0n) is 13.1. The lowest BCUT2D eigenvalue weighted by Crippen LogP contribution is -2.48. The van der Waals surface area contributed by atoms with E-state index in [0.717, 1.165) is 50.9 Å². The Morgan fingerprint density at radius 2 is 1.86 bits per heavy atom. The number of nitrogens with one attached hydrogen (secondary N) is 1. The third-order valence-electron chi connectivity index (χ3n) is 4.65. The summed E-state index contributed by atoms with van der Waals surface area (Å²) in [7, 11) is 1.89. The smallest absolute Gasteiger partial charge is 0.317 e. The number of carbonyl (C=O) groups is 1. The predicted molar refractivity (Wildman–Crippen MR) is 84.0 cm³/mol. The van der Waals surface area contributed by atoms with Crippen molar-refractivity contribution in [3.05, 3.63) is 35.6 Å². The van der Waals surface area contributed by atoms with Gasteiger partial charge in [0.2, 0.25) is 0 Å². The molecule has 1 aromatic carbocycles. The van der Waals surface area contributed by atoms with E-state index in [4.69, 9.17) is 0 Å². The van der Waals surface area contributed by atoms with Crippen molar-refractivity contribution in [2.45, 2.75) is 44.3 Å².